The zero-order valence-corrected chi connectivity index (χ0v) is 16.8. The highest BCUT2D eigenvalue weighted by molar-refractivity contribution is 5.93. The van der Waals surface area contributed by atoms with Crippen molar-refractivity contribution in [1.29, 1.82) is 0 Å². The van der Waals surface area contributed by atoms with Crippen molar-refractivity contribution in [3.05, 3.63) is 42.0 Å². The van der Waals surface area contributed by atoms with Crippen LogP contribution in [0.25, 0.3) is 16.7 Å². The van der Waals surface area contributed by atoms with Crippen molar-refractivity contribution in [2.24, 2.45) is 5.92 Å². The van der Waals surface area contributed by atoms with Crippen LogP contribution in [0.1, 0.15) is 51.5 Å². The Kier molecular flexibility index (Phi) is 6.29. The fraction of sp³-hybridized carbons (Fsp3) is 0.409. The first-order valence-corrected chi connectivity index (χ1v) is 10.0. The summed E-state index contributed by atoms with van der Waals surface area (Å²) in [5.74, 6) is 0.0693. The molecule has 1 unspecified atom stereocenters. The number of rotatable bonds is 8. The van der Waals surface area contributed by atoms with Crippen LogP contribution in [-0.2, 0) is 4.79 Å². The Bertz CT molecular complexity index is 931. The summed E-state index contributed by atoms with van der Waals surface area (Å²) in [5.41, 5.74) is 3.24. The maximum atomic E-state index is 12.7. The molecule has 3 aromatic rings. The van der Waals surface area contributed by atoms with Gasteiger partial charge in [-0.05, 0) is 44.0 Å². The number of nitrogens with one attached hydrogen (secondary N) is 1. The number of phenolic OH excluding ortho intramolecular Hbond substituents is 1. The average molecular weight is 380 g/mol. The van der Waals surface area contributed by atoms with Gasteiger partial charge in [-0.3, -0.25) is 4.79 Å². The lowest BCUT2D eigenvalue weighted by Gasteiger charge is -2.17. The lowest BCUT2D eigenvalue weighted by molar-refractivity contribution is -0.120. The molecule has 1 atom stereocenters. The van der Waals surface area contributed by atoms with Crippen LogP contribution in [0.3, 0.4) is 0 Å². The van der Waals surface area contributed by atoms with Crippen LogP contribution in [-0.4, -0.2) is 26.0 Å². The lowest BCUT2D eigenvalue weighted by atomic mass is 9.97. The van der Waals surface area contributed by atoms with Crippen LogP contribution in [0.5, 0.6) is 5.75 Å². The first-order valence-electron chi connectivity index (χ1n) is 10.0. The third-order valence-electron chi connectivity index (χ3n) is 5.19. The van der Waals surface area contributed by atoms with Crippen molar-refractivity contribution in [1.82, 2.24) is 15.0 Å². The number of hydrogen-bond donors (Lipinski definition) is 2. The van der Waals surface area contributed by atoms with E-state index in [9.17, 15) is 9.90 Å². The normalized spacial score (nSPS) is 12.2. The van der Waals surface area contributed by atoms with Gasteiger partial charge in [-0.25, -0.2) is 0 Å². The SMILES string of the molecule is CCCCCC(CC)C(=O)Nc1ccc(-n2nc3ccccc3n2)c(O)c1C. The van der Waals surface area contributed by atoms with Crippen molar-refractivity contribution < 1.29 is 9.90 Å². The maximum absolute atomic E-state index is 12.7. The van der Waals surface area contributed by atoms with Gasteiger partial charge in [-0.2, -0.15) is 0 Å². The van der Waals surface area contributed by atoms with E-state index in [-0.39, 0.29) is 17.6 Å². The molecule has 148 valence electrons. The largest absolute Gasteiger partial charge is 0.505 e. The second kappa shape index (κ2) is 8.87. The number of amides is 1. The number of carbonyl (C=O) groups is 1. The summed E-state index contributed by atoms with van der Waals surface area (Å²) >= 11 is 0. The highest BCUT2D eigenvalue weighted by Gasteiger charge is 2.19. The smallest absolute Gasteiger partial charge is 0.227 e. The molecule has 0 aliphatic heterocycles. The monoisotopic (exact) mass is 380 g/mol. The standard InChI is InChI=1S/C22H28N4O2/c1-4-6-7-10-16(5-2)22(28)23-17-13-14-20(21(27)15(17)3)26-24-18-11-8-9-12-19(18)25-26/h8-9,11-14,16,27H,4-7,10H2,1-3H3,(H,23,28). The number of benzene rings is 2. The van der Waals surface area contributed by atoms with E-state index in [1.54, 1.807) is 19.1 Å². The van der Waals surface area contributed by atoms with E-state index in [4.69, 9.17) is 0 Å². The zero-order chi connectivity index (χ0) is 20.1. The summed E-state index contributed by atoms with van der Waals surface area (Å²) in [7, 11) is 0. The molecule has 0 radical (unpaired) electrons. The summed E-state index contributed by atoms with van der Waals surface area (Å²) in [6.07, 6.45) is 5.04. The molecule has 6 heteroatoms. The molecule has 0 spiro atoms. The maximum Gasteiger partial charge on any atom is 0.227 e. The molecule has 0 bridgehead atoms. The Morgan fingerprint density at radius 3 is 2.39 bits per heavy atom. The number of hydrogen-bond acceptors (Lipinski definition) is 4. The second-order valence-electron chi connectivity index (χ2n) is 7.17. The molecular formula is C22H28N4O2. The number of carbonyl (C=O) groups excluding carboxylic acids is 1. The quantitative estimate of drug-likeness (QED) is 0.540. The summed E-state index contributed by atoms with van der Waals surface area (Å²) in [5, 5.41) is 22.5. The van der Waals surface area contributed by atoms with Crippen LogP contribution in [0.2, 0.25) is 0 Å². The van der Waals surface area contributed by atoms with E-state index in [1.807, 2.05) is 31.2 Å². The highest BCUT2D eigenvalue weighted by atomic mass is 16.3. The number of aromatic hydroxyl groups is 1. The van der Waals surface area contributed by atoms with Gasteiger partial charge in [-0.15, -0.1) is 15.0 Å². The molecule has 0 fully saturated rings. The summed E-state index contributed by atoms with van der Waals surface area (Å²) in [4.78, 5) is 14.1. The molecule has 0 aliphatic carbocycles. The Morgan fingerprint density at radius 1 is 1.11 bits per heavy atom. The minimum absolute atomic E-state index is 0.00847. The Morgan fingerprint density at radius 2 is 1.79 bits per heavy atom. The third-order valence-corrected chi connectivity index (χ3v) is 5.19. The topological polar surface area (TPSA) is 80.0 Å². The number of fused-ring (bicyclic) bond motifs is 1. The van der Waals surface area contributed by atoms with Gasteiger partial charge in [0.2, 0.25) is 5.91 Å². The van der Waals surface area contributed by atoms with Gasteiger partial charge in [0.15, 0.2) is 0 Å². The summed E-state index contributed by atoms with van der Waals surface area (Å²) < 4.78 is 0. The molecule has 0 saturated carbocycles. The fourth-order valence-corrected chi connectivity index (χ4v) is 3.35. The van der Waals surface area contributed by atoms with Gasteiger partial charge in [0.1, 0.15) is 22.5 Å². The molecular weight excluding hydrogens is 352 g/mol. The minimum Gasteiger partial charge on any atom is -0.505 e. The molecule has 28 heavy (non-hydrogen) atoms. The zero-order valence-electron chi connectivity index (χ0n) is 16.8. The molecule has 2 N–H and O–H groups in total. The summed E-state index contributed by atoms with van der Waals surface area (Å²) in [6.45, 7) is 5.99. The Hall–Kier alpha value is -2.89. The number of nitrogens with zero attached hydrogens (tertiary/aromatic N) is 3. The first-order chi connectivity index (χ1) is 13.5. The van der Waals surface area contributed by atoms with E-state index in [0.29, 0.717) is 16.9 Å². The van der Waals surface area contributed by atoms with Gasteiger partial charge in [0, 0.05) is 17.2 Å². The van der Waals surface area contributed by atoms with Gasteiger partial charge in [-0.1, -0.05) is 45.2 Å². The molecule has 1 amide bonds. The van der Waals surface area contributed by atoms with E-state index >= 15 is 0 Å². The van der Waals surface area contributed by atoms with Gasteiger partial charge in [0.25, 0.3) is 0 Å². The molecule has 2 aromatic carbocycles. The van der Waals surface area contributed by atoms with Crippen molar-refractivity contribution in [2.45, 2.75) is 52.9 Å². The van der Waals surface area contributed by atoms with Crippen molar-refractivity contribution in [2.75, 3.05) is 5.32 Å². The Labute approximate surface area is 165 Å². The number of unbranched alkanes of at least 4 members (excludes halogenated alkanes) is 2. The van der Waals surface area contributed by atoms with Crippen LogP contribution in [0.15, 0.2) is 36.4 Å². The van der Waals surface area contributed by atoms with E-state index < -0.39 is 0 Å². The van der Waals surface area contributed by atoms with E-state index in [1.165, 1.54) is 4.80 Å². The van der Waals surface area contributed by atoms with Crippen LogP contribution in [0.4, 0.5) is 5.69 Å². The lowest BCUT2D eigenvalue weighted by Crippen LogP contribution is -2.22. The first kappa shape index (κ1) is 19.9. The van der Waals surface area contributed by atoms with Crippen LogP contribution in [0, 0.1) is 12.8 Å². The molecule has 3 rings (SSSR count). The van der Waals surface area contributed by atoms with Gasteiger partial charge in [0.05, 0.1) is 0 Å². The number of anilines is 1. The van der Waals surface area contributed by atoms with E-state index in [2.05, 4.69) is 22.4 Å². The molecule has 0 saturated heterocycles. The second-order valence-corrected chi connectivity index (χ2v) is 7.17. The fourth-order valence-electron chi connectivity index (χ4n) is 3.35. The predicted molar refractivity (Wildman–Crippen MR) is 112 cm³/mol. The molecule has 1 heterocycles. The molecule has 6 nitrogen and oxygen atoms in total. The van der Waals surface area contributed by atoms with Gasteiger partial charge < -0.3 is 10.4 Å². The number of aromatic nitrogens is 3. The van der Waals surface area contributed by atoms with Crippen molar-refractivity contribution in [3.63, 3.8) is 0 Å². The van der Waals surface area contributed by atoms with Crippen LogP contribution >= 0.6 is 0 Å². The highest BCUT2D eigenvalue weighted by Crippen LogP contribution is 2.32. The molecule has 0 aliphatic rings. The van der Waals surface area contributed by atoms with Crippen molar-refractivity contribution >= 4 is 22.6 Å². The van der Waals surface area contributed by atoms with Crippen LogP contribution < -0.4 is 5.32 Å². The average Bonchev–Trinajstić information content (AvgIpc) is 3.12. The Balaban J connectivity index is 1.80. The summed E-state index contributed by atoms with van der Waals surface area (Å²) in [6, 6.07) is 11.1. The molecule has 1 aromatic heterocycles. The number of phenols is 1. The third kappa shape index (κ3) is 4.16. The van der Waals surface area contributed by atoms with E-state index in [0.717, 1.165) is 43.1 Å². The predicted octanol–water partition coefficient (Wildman–Crippen LogP) is 4.98. The minimum atomic E-state index is -0.00847. The van der Waals surface area contributed by atoms with Crippen molar-refractivity contribution in [3.8, 4) is 11.4 Å². The van der Waals surface area contributed by atoms with Gasteiger partial charge >= 0.3 is 0 Å².